The number of hydrogen-bond donors (Lipinski definition) is 0. The molecule has 2 atom stereocenters. The van der Waals surface area contributed by atoms with Crippen LogP contribution in [0.25, 0.3) is 0 Å². The number of ether oxygens (including phenoxy) is 1. The number of anilines is 2. The second kappa shape index (κ2) is 6.83. The van der Waals surface area contributed by atoms with Crippen LogP contribution in [0, 0.1) is 5.92 Å². The molecular formula is C15H24N4OS. The van der Waals surface area contributed by atoms with Gasteiger partial charge in [-0.25, -0.2) is 9.97 Å². The molecule has 5 nitrogen and oxygen atoms in total. The van der Waals surface area contributed by atoms with Gasteiger partial charge in [0, 0.05) is 50.9 Å². The summed E-state index contributed by atoms with van der Waals surface area (Å²) in [5.41, 5.74) is 0. The van der Waals surface area contributed by atoms with E-state index in [0.717, 1.165) is 44.2 Å². The van der Waals surface area contributed by atoms with Crippen molar-refractivity contribution in [3.63, 3.8) is 0 Å². The fraction of sp³-hybridized carbons (Fsp3) is 0.733. The molecule has 3 heterocycles. The van der Waals surface area contributed by atoms with Crippen molar-refractivity contribution in [2.75, 3.05) is 54.6 Å². The third kappa shape index (κ3) is 3.43. The summed E-state index contributed by atoms with van der Waals surface area (Å²) in [6.07, 6.45) is 3.15. The minimum atomic E-state index is 0.295. The van der Waals surface area contributed by atoms with Gasteiger partial charge in [-0.3, -0.25) is 0 Å². The minimum absolute atomic E-state index is 0.295. The standard InChI is InChI=1S/C15H24N4OS/c1-12-3-4-19(10-13(12)20-2)15-9-14(16-11-17-15)18-5-7-21-8-6-18/h9,11-13H,3-8,10H2,1-2H3/t12-,13+/m0/s1. The maximum absolute atomic E-state index is 5.60. The molecule has 2 fully saturated rings. The zero-order valence-corrected chi connectivity index (χ0v) is 13.7. The second-order valence-electron chi connectivity index (χ2n) is 5.82. The molecule has 2 saturated heterocycles. The lowest BCUT2D eigenvalue weighted by molar-refractivity contribution is 0.0496. The highest BCUT2D eigenvalue weighted by atomic mass is 32.2. The van der Waals surface area contributed by atoms with Crippen molar-refractivity contribution < 1.29 is 4.74 Å². The zero-order valence-electron chi connectivity index (χ0n) is 12.9. The van der Waals surface area contributed by atoms with E-state index in [1.807, 2.05) is 18.9 Å². The van der Waals surface area contributed by atoms with Crippen LogP contribution in [0.4, 0.5) is 11.6 Å². The molecule has 0 amide bonds. The summed E-state index contributed by atoms with van der Waals surface area (Å²) in [6, 6.07) is 2.14. The summed E-state index contributed by atoms with van der Waals surface area (Å²) in [7, 11) is 1.81. The highest BCUT2D eigenvalue weighted by Gasteiger charge is 2.27. The predicted octanol–water partition coefficient (Wildman–Crippen LogP) is 1.89. The molecule has 6 heteroatoms. The first kappa shape index (κ1) is 14.9. The number of aromatic nitrogens is 2. The van der Waals surface area contributed by atoms with E-state index in [1.165, 1.54) is 11.5 Å². The van der Waals surface area contributed by atoms with Gasteiger partial charge in [0.05, 0.1) is 6.10 Å². The number of methoxy groups -OCH3 is 1. The predicted molar refractivity (Wildman–Crippen MR) is 88.4 cm³/mol. The Bertz CT molecular complexity index is 467. The maximum Gasteiger partial charge on any atom is 0.134 e. The Morgan fingerprint density at radius 3 is 2.57 bits per heavy atom. The molecule has 0 N–H and O–H groups in total. The highest BCUT2D eigenvalue weighted by Crippen LogP contribution is 2.26. The first-order valence-corrected chi connectivity index (χ1v) is 8.86. The van der Waals surface area contributed by atoms with Gasteiger partial charge >= 0.3 is 0 Å². The van der Waals surface area contributed by atoms with Crippen LogP contribution < -0.4 is 9.80 Å². The largest absolute Gasteiger partial charge is 0.379 e. The summed E-state index contributed by atoms with van der Waals surface area (Å²) in [6.45, 7) is 6.40. The first-order valence-electron chi connectivity index (χ1n) is 7.70. The molecule has 0 radical (unpaired) electrons. The van der Waals surface area contributed by atoms with Gasteiger partial charge in [0.1, 0.15) is 18.0 Å². The van der Waals surface area contributed by atoms with Crippen molar-refractivity contribution in [2.24, 2.45) is 5.92 Å². The van der Waals surface area contributed by atoms with Gasteiger partial charge in [-0.05, 0) is 12.3 Å². The van der Waals surface area contributed by atoms with E-state index in [4.69, 9.17) is 4.74 Å². The van der Waals surface area contributed by atoms with Crippen LogP contribution in [0.15, 0.2) is 12.4 Å². The van der Waals surface area contributed by atoms with Crippen LogP contribution in [0.3, 0.4) is 0 Å². The lowest BCUT2D eigenvalue weighted by atomic mass is 9.96. The van der Waals surface area contributed by atoms with Gasteiger partial charge in [-0.1, -0.05) is 6.92 Å². The molecule has 0 unspecified atom stereocenters. The number of hydrogen-bond acceptors (Lipinski definition) is 6. The molecule has 1 aromatic heterocycles. The van der Waals surface area contributed by atoms with Gasteiger partial charge in [-0.2, -0.15) is 11.8 Å². The summed E-state index contributed by atoms with van der Waals surface area (Å²) < 4.78 is 5.60. The quantitative estimate of drug-likeness (QED) is 0.849. The molecule has 0 aromatic carbocycles. The molecule has 2 aliphatic heterocycles. The van der Waals surface area contributed by atoms with Crippen molar-refractivity contribution in [3.8, 4) is 0 Å². The van der Waals surface area contributed by atoms with Gasteiger partial charge in [-0.15, -0.1) is 0 Å². The van der Waals surface area contributed by atoms with Crippen LogP contribution >= 0.6 is 11.8 Å². The lowest BCUT2D eigenvalue weighted by Crippen LogP contribution is -2.44. The fourth-order valence-corrected chi connectivity index (χ4v) is 3.93. The third-order valence-corrected chi connectivity index (χ3v) is 5.43. The number of piperidine rings is 1. The van der Waals surface area contributed by atoms with Gasteiger partial charge in [0.15, 0.2) is 0 Å². The molecule has 3 rings (SSSR count). The van der Waals surface area contributed by atoms with E-state index in [0.29, 0.717) is 12.0 Å². The highest BCUT2D eigenvalue weighted by molar-refractivity contribution is 7.99. The molecule has 0 aliphatic carbocycles. The molecular weight excluding hydrogens is 284 g/mol. The van der Waals surface area contributed by atoms with Crippen LogP contribution in [0.5, 0.6) is 0 Å². The van der Waals surface area contributed by atoms with E-state index in [9.17, 15) is 0 Å². The average molecular weight is 308 g/mol. The molecule has 0 saturated carbocycles. The summed E-state index contributed by atoms with van der Waals surface area (Å²) in [4.78, 5) is 13.6. The Morgan fingerprint density at radius 2 is 1.86 bits per heavy atom. The number of nitrogens with zero attached hydrogens (tertiary/aromatic N) is 4. The molecule has 2 aliphatic rings. The summed E-state index contributed by atoms with van der Waals surface area (Å²) in [5, 5.41) is 0. The van der Waals surface area contributed by atoms with Crippen LogP contribution in [0.1, 0.15) is 13.3 Å². The second-order valence-corrected chi connectivity index (χ2v) is 7.04. The zero-order chi connectivity index (χ0) is 14.7. The van der Waals surface area contributed by atoms with Crippen molar-refractivity contribution >= 4 is 23.4 Å². The van der Waals surface area contributed by atoms with E-state index in [1.54, 1.807) is 6.33 Å². The summed E-state index contributed by atoms with van der Waals surface area (Å²) in [5.74, 6) is 5.09. The average Bonchev–Trinajstić information content (AvgIpc) is 2.56. The molecule has 0 bridgehead atoms. The lowest BCUT2D eigenvalue weighted by Gasteiger charge is -2.37. The van der Waals surface area contributed by atoms with Crippen molar-refractivity contribution in [2.45, 2.75) is 19.4 Å². The topological polar surface area (TPSA) is 41.5 Å². The van der Waals surface area contributed by atoms with E-state index < -0.39 is 0 Å². The van der Waals surface area contributed by atoms with Crippen molar-refractivity contribution in [1.29, 1.82) is 0 Å². The van der Waals surface area contributed by atoms with E-state index in [-0.39, 0.29) is 0 Å². The maximum atomic E-state index is 5.60. The van der Waals surface area contributed by atoms with Gasteiger partial charge in [0.25, 0.3) is 0 Å². The normalized spacial score (nSPS) is 27.0. The molecule has 0 spiro atoms. The SMILES string of the molecule is CO[C@@H]1CN(c2cc(N3CCSCC3)ncn2)CC[C@@H]1C. The first-order chi connectivity index (χ1) is 10.3. The van der Waals surface area contributed by atoms with Crippen LogP contribution in [-0.4, -0.2) is 60.9 Å². The Morgan fingerprint density at radius 1 is 1.14 bits per heavy atom. The van der Waals surface area contributed by atoms with Crippen LogP contribution in [-0.2, 0) is 4.74 Å². The Hall–Kier alpha value is -1.01. The summed E-state index contributed by atoms with van der Waals surface area (Å²) >= 11 is 2.02. The Labute approximate surface area is 131 Å². The number of rotatable bonds is 3. The van der Waals surface area contributed by atoms with Gasteiger partial charge in [0.2, 0.25) is 0 Å². The monoisotopic (exact) mass is 308 g/mol. The third-order valence-electron chi connectivity index (χ3n) is 4.49. The minimum Gasteiger partial charge on any atom is -0.379 e. The van der Waals surface area contributed by atoms with Crippen LogP contribution in [0.2, 0.25) is 0 Å². The Kier molecular flexibility index (Phi) is 4.85. The van der Waals surface area contributed by atoms with Crippen molar-refractivity contribution in [1.82, 2.24) is 9.97 Å². The fourth-order valence-electron chi connectivity index (χ4n) is 3.02. The van der Waals surface area contributed by atoms with Gasteiger partial charge < -0.3 is 14.5 Å². The molecule has 116 valence electrons. The van der Waals surface area contributed by atoms with E-state index in [2.05, 4.69) is 32.8 Å². The molecule has 21 heavy (non-hydrogen) atoms. The van der Waals surface area contributed by atoms with E-state index >= 15 is 0 Å². The molecule has 1 aromatic rings. The van der Waals surface area contributed by atoms with Crippen molar-refractivity contribution in [3.05, 3.63) is 12.4 Å². The number of thioether (sulfide) groups is 1. The Balaban J connectivity index is 1.73. The smallest absolute Gasteiger partial charge is 0.134 e.